The molecule has 1 aliphatic rings. The van der Waals surface area contributed by atoms with Crippen LogP contribution >= 0.6 is 0 Å². The molecule has 0 spiro atoms. The maximum atomic E-state index is 3.97. The third-order valence-corrected chi connectivity index (χ3v) is 3.02. The Hall–Kier alpha value is -0.830. The van der Waals surface area contributed by atoms with E-state index in [2.05, 4.69) is 22.4 Å². The lowest BCUT2D eigenvalue weighted by molar-refractivity contribution is 0.308. The molecule has 3 nitrogen and oxygen atoms in total. The summed E-state index contributed by atoms with van der Waals surface area (Å²) in [6.07, 6.45) is 7.80. The molecule has 0 aliphatic carbocycles. The van der Waals surface area contributed by atoms with Crippen molar-refractivity contribution in [2.45, 2.75) is 32.2 Å². The highest BCUT2D eigenvalue weighted by molar-refractivity contribution is 5.10. The number of hydrogen-bond donors (Lipinski definition) is 2. The molecule has 13 heavy (non-hydrogen) atoms. The first kappa shape index (κ1) is 8.75. The molecule has 0 saturated carbocycles. The van der Waals surface area contributed by atoms with Crippen molar-refractivity contribution < 1.29 is 0 Å². The lowest BCUT2D eigenvalue weighted by atomic mass is 9.91. The van der Waals surface area contributed by atoms with Crippen LogP contribution in [0.5, 0.6) is 0 Å². The summed E-state index contributed by atoms with van der Waals surface area (Å²) < 4.78 is 0. The Morgan fingerprint density at radius 3 is 3.00 bits per heavy atom. The predicted molar refractivity (Wildman–Crippen MR) is 52.3 cm³/mol. The summed E-state index contributed by atoms with van der Waals surface area (Å²) >= 11 is 0. The quantitative estimate of drug-likeness (QED) is 0.727. The first-order valence-corrected chi connectivity index (χ1v) is 5.12. The van der Waals surface area contributed by atoms with Crippen LogP contribution in [0, 0.1) is 5.92 Å². The van der Waals surface area contributed by atoms with Crippen LogP contribution in [-0.2, 0) is 0 Å². The van der Waals surface area contributed by atoms with Gasteiger partial charge in [0.15, 0.2) is 0 Å². The Balaban J connectivity index is 1.92. The molecule has 2 rings (SSSR count). The second-order valence-electron chi connectivity index (χ2n) is 3.84. The Morgan fingerprint density at radius 1 is 1.54 bits per heavy atom. The van der Waals surface area contributed by atoms with Gasteiger partial charge in [-0.3, -0.25) is 5.10 Å². The third kappa shape index (κ3) is 1.91. The Bertz CT molecular complexity index is 235. The molecule has 1 aromatic heterocycles. The second kappa shape index (κ2) is 3.92. The van der Waals surface area contributed by atoms with Crippen molar-refractivity contribution in [3.63, 3.8) is 0 Å². The Morgan fingerprint density at radius 2 is 2.46 bits per heavy atom. The van der Waals surface area contributed by atoms with Gasteiger partial charge in [-0.1, -0.05) is 13.3 Å². The molecule has 2 unspecified atom stereocenters. The molecule has 1 aromatic rings. The molecule has 72 valence electrons. The van der Waals surface area contributed by atoms with Crippen LogP contribution in [-0.4, -0.2) is 16.7 Å². The van der Waals surface area contributed by atoms with Gasteiger partial charge in [0.1, 0.15) is 0 Å². The predicted octanol–water partition coefficient (Wildman–Crippen LogP) is 1.86. The van der Waals surface area contributed by atoms with E-state index in [0.29, 0.717) is 6.04 Å². The van der Waals surface area contributed by atoms with Gasteiger partial charge in [0, 0.05) is 17.8 Å². The van der Waals surface area contributed by atoms with Gasteiger partial charge in [0.25, 0.3) is 0 Å². The average molecular weight is 179 g/mol. The van der Waals surface area contributed by atoms with Crippen LogP contribution in [0.25, 0.3) is 0 Å². The molecule has 0 aromatic carbocycles. The molecule has 0 bridgehead atoms. The van der Waals surface area contributed by atoms with Gasteiger partial charge in [-0.2, -0.15) is 5.10 Å². The van der Waals surface area contributed by atoms with Crippen LogP contribution in [0.15, 0.2) is 12.4 Å². The zero-order chi connectivity index (χ0) is 9.10. The van der Waals surface area contributed by atoms with E-state index in [1.165, 1.54) is 24.8 Å². The van der Waals surface area contributed by atoms with Crippen molar-refractivity contribution in [3.05, 3.63) is 18.0 Å². The molecule has 0 amide bonds. The van der Waals surface area contributed by atoms with Crippen LogP contribution in [0.2, 0.25) is 0 Å². The standard InChI is InChI=1S/C10H17N3/c1-2-8-3-4-10(11-5-8)9-6-12-13-7-9/h6-8,10-11H,2-5H2,1H3,(H,12,13). The molecular weight excluding hydrogens is 162 g/mol. The molecule has 1 saturated heterocycles. The first-order chi connectivity index (χ1) is 6.40. The topological polar surface area (TPSA) is 40.7 Å². The van der Waals surface area contributed by atoms with Crippen molar-refractivity contribution in [2.75, 3.05) is 6.54 Å². The van der Waals surface area contributed by atoms with Gasteiger partial charge in [0.05, 0.1) is 6.20 Å². The SMILES string of the molecule is CCC1CCC(c2cn[nH]c2)NC1. The van der Waals surface area contributed by atoms with Crippen LogP contribution in [0.1, 0.15) is 37.8 Å². The molecule has 0 radical (unpaired) electrons. The normalized spacial score (nSPS) is 29.0. The summed E-state index contributed by atoms with van der Waals surface area (Å²) in [7, 11) is 0. The molecule has 1 aliphatic heterocycles. The first-order valence-electron chi connectivity index (χ1n) is 5.12. The Labute approximate surface area is 78.9 Å². The fraction of sp³-hybridized carbons (Fsp3) is 0.700. The number of aromatic amines is 1. The van der Waals surface area contributed by atoms with Crippen LogP contribution in [0.4, 0.5) is 0 Å². The highest BCUT2D eigenvalue weighted by Gasteiger charge is 2.20. The van der Waals surface area contributed by atoms with Gasteiger partial charge in [-0.25, -0.2) is 0 Å². The van der Waals surface area contributed by atoms with Crippen LogP contribution in [0.3, 0.4) is 0 Å². The van der Waals surface area contributed by atoms with E-state index < -0.39 is 0 Å². The van der Waals surface area contributed by atoms with E-state index in [9.17, 15) is 0 Å². The molecule has 1 fully saturated rings. The average Bonchev–Trinajstić information content (AvgIpc) is 2.71. The minimum absolute atomic E-state index is 0.529. The smallest absolute Gasteiger partial charge is 0.0535 e. The van der Waals surface area contributed by atoms with Crippen molar-refractivity contribution in [3.8, 4) is 0 Å². The van der Waals surface area contributed by atoms with E-state index in [0.717, 1.165) is 12.5 Å². The van der Waals surface area contributed by atoms with E-state index >= 15 is 0 Å². The number of hydrogen-bond acceptors (Lipinski definition) is 2. The number of nitrogens with zero attached hydrogens (tertiary/aromatic N) is 1. The van der Waals surface area contributed by atoms with E-state index in [4.69, 9.17) is 0 Å². The van der Waals surface area contributed by atoms with Gasteiger partial charge >= 0.3 is 0 Å². The fourth-order valence-electron chi connectivity index (χ4n) is 2.00. The molecule has 2 heterocycles. The highest BCUT2D eigenvalue weighted by atomic mass is 15.1. The third-order valence-electron chi connectivity index (χ3n) is 3.02. The summed E-state index contributed by atoms with van der Waals surface area (Å²) in [4.78, 5) is 0. The van der Waals surface area contributed by atoms with Gasteiger partial charge in [-0.05, 0) is 25.3 Å². The van der Waals surface area contributed by atoms with Crippen LogP contribution < -0.4 is 5.32 Å². The van der Waals surface area contributed by atoms with Gasteiger partial charge in [-0.15, -0.1) is 0 Å². The summed E-state index contributed by atoms with van der Waals surface area (Å²) in [5.74, 6) is 0.878. The monoisotopic (exact) mass is 179 g/mol. The number of piperidine rings is 1. The van der Waals surface area contributed by atoms with Gasteiger partial charge < -0.3 is 5.32 Å². The fourth-order valence-corrected chi connectivity index (χ4v) is 2.00. The molecular formula is C10H17N3. The lowest BCUT2D eigenvalue weighted by Gasteiger charge is -2.28. The van der Waals surface area contributed by atoms with E-state index in [1.54, 1.807) is 0 Å². The van der Waals surface area contributed by atoms with Crippen molar-refractivity contribution >= 4 is 0 Å². The summed E-state index contributed by atoms with van der Waals surface area (Å²) in [5, 5.41) is 10.4. The molecule has 2 N–H and O–H groups in total. The zero-order valence-electron chi connectivity index (χ0n) is 8.09. The minimum atomic E-state index is 0.529. The number of nitrogens with one attached hydrogen (secondary N) is 2. The highest BCUT2D eigenvalue weighted by Crippen LogP contribution is 2.26. The van der Waals surface area contributed by atoms with Crippen molar-refractivity contribution in [2.24, 2.45) is 5.92 Å². The summed E-state index contributed by atoms with van der Waals surface area (Å²) in [6.45, 7) is 3.43. The zero-order valence-corrected chi connectivity index (χ0v) is 8.09. The molecule has 2 atom stereocenters. The van der Waals surface area contributed by atoms with Crippen molar-refractivity contribution in [1.29, 1.82) is 0 Å². The molecule has 3 heteroatoms. The number of H-pyrrole nitrogens is 1. The largest absolute Gasteiger partial charge is 0.310 e. The van der Waals surface area contributed by atoms with E-state index in [1.807, 2.05) is 12.4 Å². The second-order valence-corrected chi connectivity index (χ2v) is 3.84. The summed E-state index contributed by atoms with van der Waals surface area (Å²) in [5.41, 5.74) is 1.30. The summed E-state index contributed by atoms with van der Waals surface area (Å²) in [6, 6.07) is 0.529. The van der Waals surface area contributed by atoms with E-state index in [-0.39, 0.29) is 0 Å². The minimum Gasteiger partial charge on any atom is -0.310 e. The number of rotatable bonds is 2. The maximum absolute atomic E-state index is 3.97. The van der Waals surface area contributed by atoms with Crippen molar-refractivity contribution in [1.82, 2.24) is 15.5 Å². The number of aromatic nitrogens is 2. The van der Waals surface area contributed by atoms with Gasteiger partial charge in [0.2, 0.25) is 0 Å². The maximum Gasteiger partial charge on any atom is 0.0535 e. The Kier molecular flexibility index (Phi) is 2.64. The lowest BCUT2D eigenvalue weighted by Crippen LogP contribution is -2.32.